The number of piperazine rings is 1. The zero-order valence-corrected chi connectivity index (χ0v) is 25.1. The number of ether oxygens (including phenoxy) is 3. The van der Waals surface area contributed by atoms with E-state index >= 15 is 0 Å². The van der Waals surface area contributed by atoms with Gasteiger partial charge < -0.3 is 35.5 Å². The van der Waals surface area contributed by atoms with Crippen LogP contribution in [0.2, 0.25) is 0 Å². The van der Waals surface area contributed by atoms with Gasteiger partial charge in [0.15, 0.2) is 17.3 Å². The molecule has 12 nitrogen and oxygen atoms in total. The summed E-state index contributed by atoms with van der Waals surface area (Å²) < 4.78 is 16.0. The van der Waals surface area contributed by atoms with Crippen molar-refractivity contribution in [3.8, 4) is 5.75 Å². The Labute approximate surface area is 248 Å². The lowest BCUT2D eigenvalue weighted by Crippen LogP contribution is -2.46. The summed E-state index contributed by atoms with van der Waals surface area (Å²) in [6, 6.07) is 6.13. The third-order valence-electron chi connectivity index (χ3n) is 7.84. The van der Waals surface area contributed by atoms with Gasteiger partial charge in [0.1, 0.15) is 5.75 Å². The molecule has 1 aromatic carbocycles. The molecule has 0 saturated carbocycles. The number of esters is 1. The van der Waals surface area contributed by atoms with Crippen LogP contribution in [0.25, 0.3) is 0 Å². The number of hydrogen-bond acceptors (Lipinski definition) is 11. The van der Waals surface area contributed by atoms with Crippen molar-refractivity contribution >= 4 is 34.9 Å². The quantitative estimate of drug-likeness (QED) is 0.222. The van der Waals surface area contributed by atoms with E-state index in [0.29, 0.717) is 43.4 Å². The van der Waals surface area contributed by atoms with Gasteiger partial charge in [0.2, 0.25) is 0 Å². The number of aryl methyl sites for hydroxylation is 1. The minimum Gasteiger partial charge on any atom is -0.495 e. The predicted molar refractivity (Wildman–Crippen MR) is 163 cm³/mol. The van der Waals surface area contributed by atoms with Crippen molar-refractivity contribution in [2.24, 2.45) is 5.73 Å². The summed E-state index contributed by atoms with van der Waals surface area (Å²) in [5, 5.41) is 6.76. The molecule has 2 aliphatic rings. The molecule has 0 bridgehead atoms. The van der Waals surface area contributed by atoms with Crippen LogP contribution in [0.1, 0.15) is 61.6 Å². The number of rotatable bonds is 14. The van der Waals surface area contributed by atoms with Gasteiger partial charge in [0.05, 0.1) is 25.6 Å². The van der Waals surface area contributed by atoms with E-state index in [1.165, 1.54) is 7.11 Å². The summed E-state index contributed by atoms with van der Waals surface area (Å²) in [6.45, 7) is 8.13. The number of anilines is 4. The maximum absolute atomic E-state index is 12.3. The van der Waals surface area contributed by atoms with Crippen molar-refractivity contribution in [1.29, 1.82) is 0 Å². The summed E-state index contributed by atoms with van der Waals surface area (Å²) in [5.74, 6) is 0.922. The summed E-state index contributed by atoms with van der Waals surface area (Å²) in [6.07, 6.45) is 5.84. The highest BCUT2D eigenvalue weighted by Gasteiger charge is 2.23. The van der Waals surface area contributed by atoms with E-state index in [1.807, 2.05) is 25.1 Å². The highest BCUT2D eigenvalue weighted by molar-refractivity contribution is 5.96. The topological polar surface area (TPSA) is 144 Å². The van der Waals surface area contributed by atoms with E-state index in [0.717, 1.165) is 82.0 Å². The summed E-state index contributed by atoms with van der Waals surface area (Å²) in [7, 11) is 3.09. The number of benzene rings is 1. The molecule has 230 valence electrons. The molecule has 4 rings (SSSR count). The third-order valence-corrected chi connectivity index (χ3v) is 7.84. The first kappa shape index (κ1) is 31.3. The Morgan fingerprint density at radius 2 is 1.81 bits per heavy atom. The molecule has 0 atom stereocenters. The smallest absolute Gasteiger partial charge is 0.305 e. The number of carbonyl (C=O) groups excluding carboxylic acids is 2. The molecule has 2 aromatic rings. The maximum atomic E-state index is 12.3. The molecule has 0 aliphatic carbocycles. The van der Waals surface area contributed by atoms with Crippen LogP contribution in [0.3, 0.4) is 0 Å². The SMILES string of the molecule is CCc1nc(C(N)=O)c(Nc2ccc(N3CCN(CCCCCC(=O)OC)CC3)c(OC)c2)nc1NC1CCOCC1. The molecule has 4 N–H and O–H groups in total. The number of primary amides is 1. The number of amides is 1. The number of hydrogen-bond donors (Lipinski definition) is 3. The molecule has 0 unspecified atom stereocenters. The van der Waals surface area contributed by atoms with Gasteiger partial charge in [0, 0.05) is 63.6 Å². The average molecular weight is 584 g/mol. The molecule has 12 heteroatoms. The van der Waals surface area contributed by atoms with Gasteiger partial charge >= 0.3 is 5.97 Å². The molecule has 2 fully saturated rings. The van der Waals surface area contributed by atoms with Gasteiger partial charge in [-0.2, -0.15) is 0 Å². The van der Waals surface area contributed by atoms with Crippen LogP contribution in [-0.4, -0.2) is 92.9 Å². The molecule has 1 amide bonds. The fourth-order valence-corrected chi connectivity index (χ4v) is 5.38. The number of aromatic nitrogens is 2. The first-order valence-electron chi connectivity index (χ1n) is 15.0. The van der Waals surface area contributed by atoms with Crippen LogP contribution < -0.4 is 26.0 Å². The minimum atomic E-state index is -0.637. The highest BCUT2D eigenvalue weighted by Crippen LogP contribution is 2.34. The number of unbranched alkanes of at least 4 members (excludes halogenated alkanes) is 2. The summed E-state index contributed by atoms with van der Waals surface area (Å²) in [5.41, 5.74) is 8.25. The van der Waals surface area contributed by atoms with Gasteiger partial charge in [-0.3, -0.25) is 14.5 Å². The number of nitrogens with zero attached hydrogens (tertiary/aromatic N) is 4. The van der Waals surface area contributed by atoms with E-state index in [4.69, 9.17) is 24.9 Å². The van der Waals surface area contributed by atoms with E-state index in [1.54, 1.807) is 7.11 Å². The van der Waals surface area contributed by atoms with Gasteiger partial charge in [-0.1, -0.05) is 13.3 Å². The van der Waals surface area contributed by atoms with Gasteiger partial charge in [-0.25, -0.2) is 9.97 Å². The van der Waals surface area contributed by atoms with Crippen molar-refractivity contribution in [3.63, 3.8) is 0 Å². The molecule has 2 saturated heterocycles. The van der Waals surface area contributed by atoms with Gasteiger partial charge in [-0.05, 0) is 50.8 Å². The van der Waals surface area contributed by atoms with Crippen LogP contribution in [0, 0.1) is 0 Å². The molecule has 0 spiro atoms. The Hall–Kier alpha value is -3.64. The second-order valence-corrected chi connectivity index (χ2v) is 10.7. The second kappa shape index (κ2) is 15.5. The maximum Gasteiger partial charge on any atom is 0.305 e. The molecule has 1 aromatic heterocycles. The molecular formula is C30H45N7O5. The number of nitrogens with two attached hydrogens (primary N) is 1. The largest absolute Gasteiger partial charge is 0.495 e. The van der Waals surface area contributed by atoms with Crippen molar-refractivity contribution in [2.45, 2.75) is 57.9 Å². The van der Waals surface area contributed by atoms with Crippen LogP contribution in [0.15, 0.2) is 18.2 Å². The lowest BCUT2D eigenvalue weighted by molar-refractivity contribution is -0.140. The second-order valence-electron chi connectivity index (χ2n) is 10.7. The Kier molecular flexibility index (Phi) is 11.6. The van der Waals surface area contributed by atoms with E-state index < -0.39 is 5.91 Å². The monoisotopic (exact) mass is 583 g/mol. The van der Waals surface area contributed by atoms with Crippen LogP contribution in [0.4, 0.5) is 23.0 Å². The first-order chi connectivity index (χ1) is 20.4. The molecule has 42 heavy (non-hydrogen) atoms. The zero-order valence-electron chi connectivity index (χ0n) is 25.1. The number of carbonyl (C=O) groups is 2. The first-order valence-corrected chi connectivity index (χ1v) is 15.0. The van der Waals surface area contributed by atoms with E-state index in [-0.39, 0.29) is 17.7 Å². The highest BCUT2D eigenvalue weighted by atomic mass is 16.5. The Balaban J connectivity index is 1.40. The van der Waals surface area contributed by atoms with Crippen LogP contribution in [-0.2, 0) is 20.7 Å². The average Bonchev–Trinajstić information content (AvgIpc) is 3.01. The van der Waals surface area contributed by atoms with Crippen molar-refractivity contribution < 1.29 is 23.8 Å². The summed E-state index contributed by atoms with van der Waals surface area (Å²) >= 11 is 0. The molecule has 3 heterocycles. The molecule has 2 aliphatic heterocycles. The van der Waals surface area contributed by atoms with E-state index in [9.17, 15) is 9.59 Å². The fourth-order valence-electron chi connectivity index (χ4n) is 5.38. The standard InChI is InChI=1S/C30H45N7O5/c1-4-23-29(32-21-11-18-42-19-12-21)35-30(27(34-23)28(31)39)33-22-9-10-24(25(20-22)40-2)37-16-14-36(15-17-37)13-7-5-6-8-26(38)41-3/h9-10,20-21H,4-8,11-19H2,1-3H3,(H2,31,39)(H2,32,33,35). The van der Waals surface area contributed by atoms with Gasteiger partial charge in [0.25, 0.3) is 5.91 Å². The predicted octanol–water partition coefficient (Wildman–Crippen LogP) is 3.34. The van der Waals surface area contributed by atoms with Crippen LogP contribution in [0.5, 0.6) is 5.75 Å². The fraction of sp³-hybridized carbons (Fsp3) is 0.600. The zero-order chi connectivity index (χ0) is 29.9. The lowest BCUT2D eigenvalue weighted by Gasteiger charge is -2.36. The van der Waals surface area contributed by atoms with Crippen molar-refractivity contribution in [1.82, 2.24) is 14.9 Å². The molecular weight excluding hydrogens is 538 g/mol. The van der Waals surface area contributed by atoms with Crippen molar-refractivity contribution in [2.75, 3.05) is 75.7 Å². The van der Waals surface area contributed by atoms with Crippen molar-refractivity contribution in [3.05, 3.63) is 29.6 Å². The van der Waals surface area contributed by atoms with E-state index in [2.05, 4.69) is 25.4 Å². The lowest BCUT2D eigenvalue weighted by atomic mass is 10.1. The Morgan fingerprint density at radius 1 is 1.05 bits per heavy atom. The minimum absolute atomic E-state index is 0.105. The molecule has 0 radical (unpaired) electrons. The summed E-state index contributed by atoms with van der Waals surface area (Å²) in [4.78, 5) is 37.7. The normalized spacial score (nSPS) is 16.2. The Morgan fingerprint density at radius 3 is 2.48 bits per heavy atom. The van der Waals surface area contributed by atoms with Crippen LogP contribution >= 0.6 is 0 Å². The number of nitrogens with one attached hydrogen (secondary N) is 2. The number of methoxy groups -OCH3 is 2. The third kappa shape index (κ3) is 8.45. The Bertz CT molecular complexity index is 1200. The van der Waals surface area contributed by atoms with Gasteiger partial charge in [-0.15, -0.1) is 0 Å².